The lowest BCUT2D eigenvalue weighted by molar-refractivity contribution is 0.563. The molecule has 3 nitrogen and oxygen atoms in total. The lowest BCUT2D eigenvalue weighted by Gasteiger charge is -1.91. The van der Waals surface area contributed by atoms with Gasteiger partial charge in [0.15, 0.2) is 0 Å². The molecular formula is C6H10FN3. The van der Waals surface area contributed by atoms with Crippen molar-refractivity contribution in [3.8, 4) is 0 Å². The normalized spacial score (nSPS) is 10.2. The Balaban J connectivity index is 2.49. The van der Waals surface area contributed by atoms with Crippen LogP contribution >= 0.6 is 0 Å². The van der Waals surface area contributed by atoms with Crippen molar-refractivity contribution in [3.63, 3.8) is 0 Å². The number of hydrogen-bond donors (Lipinski definition) is 2. The van der Waals surface area contributed by atoms with E-state index in [0.29, 0.717) is 18.5 Å². The molecule has 0 aliphatic rings. The van der Waals surface area contributed by atoms with E-state index >= 15 is 0 Å². The van der Waals surface area contributed by atoms with E-state index in [0.717, 1.165) is 6.42 Å². The van der Waals surface area contributed by atoms with E-state index in [-0.39, 0.29) is 5.95 Å². The summed E-state index contributed by atoms with van der Waals surface area (Å²) in [4.78, 5) is 0. The SMILES string of the molecule is NCCCc1cn[nH]c1F. The van der Waals surface area contributed by atoms with Crippen molar-refractivity contribution in [1.29, 1.82) is 0 Å². The Labute approximate surface area is 58.4 Å². The average molecular weight is 143 g/mol. The summed E-state index contributed by atoms with van der Waals surface area (Å²) in [6, 6.07) is 0. The molecule has 1 aromatic heterocycles. The fourth-order valence-electron chi connectivity index (χ4n) is 0.762. The quantitative estimate of drug-likeness (QED) is 0.645. The molecule has 4 heteroatoms. The van der Waals surface area contributed by atoms with Gasteiger partial charge in [0.1, 0.15) is 0 Å². The van der Waals surface area contributed by atoms with E-state index in [1.54, 1.807) is 0 Å². The predicted molar refractivity (Wildman–Crippen MR) is 35.9 cm³/mol. The highest BCUT2D eigenvalue weighted by Crippen LogP contribution is 2.03. The average Bonchev–Trinajstić information content (AvgIpc) is 2.31. The first kappa shape index (κ1) is 7.21. The third-order valence-electron chi connectivity index (χ3n) is 1.32. The van der Waals surface area contributed by atoms with Crippen LogP contribution in [0, 0.1) is 5.95 Å². The topological polar surface area (TPSA) is 54.7 Å². The molecule has 1 aromatic rings. The second-order valence-corrected chi connectivity index (χ2v) is 2.10. The number of aromatic nitrogens is 2. The molecule has 0 spiro atoms. The maximum atomic E-state index is 12.5. The zero-order valence-corrected chi connectivity index (χ0v) is 5.60. The first-order valence-electron chi connectivity index (χ1n) is 3.22. The van der Waals surface area contributed by atoms with Gasteiger partial charge in [-0.25, -0.2) is 0 Å². The number of halogens is 1. The molecule has 10 heavy (non-hydrogen) atoms. The third kappa shape index (κ3) is 1.54. The monoisotopic (exact) mass is 143 g/mol. The van der Waals surface area contributed by atoms with Gasteiger partial charge in [0, 0.05) is 5.56 Å². The lowest BCUT2D eigenvalue weighted by Crippen LogP contribution is -2.00. The number of aromatic amines is 1. The molecule has 0 radical (unpaired) electrons. The van der Waals surface area contributed by atoms with Crippen molar-refractivity contribution in [3.05, 3.63) is 17.7 Å². The summed E-state index contributed by atoms with van der Waals surface area (Å²) in [5, 5.41) is 5.75. The molecule has 0 amide bonds. The molecule has 56 valence electrons. The maximum absolute atomic E-state index is 12.5. The van der Waals surface area contributed by atoms with Gasteiger partial charge < -0.3 is 5.73 Å². The van der Waals surface area contributed by atoms with Crippen LogP contribution in [-0.2, 0) is 6.42 Å². The lowest BCUT2D eigenvalue weighted by atomic mass is 10.2. The van der Waals surface area contributed by atoms with E-state index in [2.05, 4.69) is 10.2 Å². The van der Waals surface area contributed by atoms with Crippen molar-refractivity contribution in [2.24, 2.45) is 5.73 Å². The van der Waals surface area contributed by atoms with E-state index < -0.39 is 0 Å². The van der Waals surface area contributed by atoms with E-state index in [1.165, 1.54) is 6.20 Å². The van der Waals surface area contributed by atoms with Crippen LogP contribution in [0.2, 0.25) is 0 Å². The van der Waals surface area contributed by atoms with Crippen molar-refractivity contribution in [1.82, 2.24) is 10.2 Å². The first-order chi connectivity index (χ1) is 4.84. The molecule has 0 unspecified atom stereocenters. The smallest absolute Gasteiger partial charge is 0.212 e. The summed E-state index contributed by atoms with van der Waals surface area (Å²) >= 11 is 0. The largest absolute Gasteiger partial charge is 0.330 e. The summed E-state index contributed by atoms with van der Waals surface area (Å²) in [5.41, 5.74) is 5.86. The van der Waals surface area contributed by atoms with E-state index in [4.69, 9.17) is 5.73 Å². The number of nitrogens with one attached hydrogen (secondary N) is 1. The maximum Gasteiger partial charge on any atom is 0.212 e. The van der Waals surface area contributed by atoms with E-state index in [9.17, 15) is 4.39 Å². The minimum absolute atomic E-state index is 0.339. The summed E-state index contributed by atoms with van der Waals surface area (Å²) in [6.45, 7) is 0.588. The molecule has 0 saturated carbocycles. The molecular weight excluding hydrogens is 133 g/mol. The summed E-state index contributed by atoms with van der Waals surface area (Å²) < 4.78 is 12.5. The Morgan fingerprint density at radius 3 is 3.00 bits per heavy atom. The number of nitrogens with zero attached hydrogens (tertiary/aromatic N) is 1. The molecule has 1 rings (SSSR count). The van der Waals surface area contributed by atoms with Crippen molar-refractivity contribution in [2.75, 3.05) is 6.54 Å². The molecule has 0 aliphatic heterocycles. The molecule has 0 aromatic carbocycles. The van der Waals surface area contributed by atoms with Crippen LogP contribution in [0.3, 0.4) is 0 Å². The van der Waals surface area contributed by atoms with Gasteiger partial charge in [-0.3, -0.25) is 5.10 Å². The van der Waals surface area contributed by atoms with Crippen LogP contribution < -0.4 is 5.73 Å². The summed E-state index contributed by atoms with van der Waals surface area (Å²) in [6.07, 6.45) is 2.96. The van der Waals surface area contributed by atoms with Gasteiger partial charge in [0.05, 0.1) is 6.20 Å². The molecule has 0 fully saturated rings. The number of hydrogen-bond acceptors (Lipinski definition) is 2. The van der Waals surface area contributed by atoms with Gasteiger partial charge in [-0.2, -0.15) is 9.49 Å². The fourth-order valence-corrected chi connectivity index (χ4v) is 0.762. The molecule has 0 atom stereocenters. The summed E-state index contributed by atoms with van der Waals surface area (Å²) in [7, 11) is 0. The molecule has 3 N–H and O–H groups in total. The van der Waals surface area contributed by atoms with Crippen LogP contribution in [0.5, 0.6) is 0 Å². The second kappa shape index (κ2) is 3.31. The number of H-pyrrole nitrogens is 1. The van der Waals surface area contributed by atoms with Gasteiger partial charge in [0.25, 0.3) is 0 Å². The van der Waals surface area contributed by atoms with Crippen LogP contribution in [0.25, 0.3) is 0 Å². The number of aryl methyl sites for hydroxylation is 1. The van der Waals surface area contributed by atoms with Crippen LogP contribution in [0.4, 0.5) is 4.39 Å². The van der Waals surface area contributed by atoms with Crippen molar-refractivity contribution < 1.29 is 4.39 Å². The van der Waals surface area contributed by atoms with Gasteiger partial charge in [-0.05, 0) is 19.4 Å². The standard InChI is InChI=1S/C6H10FN3/c7-6-5(2-1-3-8)4-9-10-6/h4H,1-3,8H2,(H,9,10). The molecule has 1 heterocycles. The minimum atomic E-state index is -0.339. The summed E-state index contributed by atoms with van der Waals surface area (Å²) in [5.74, 6) is -0.339. The third-order valence-corrected chi connectivity index (χ3v) is 1.32. The first-order valence-corrected chi connectivity index (χ1v) is 3.22. The fraction of sp³-hybridized carbons (Fsp3) is 0.500. The van der Waals surface area contributed by atoms with Crippen molar-refractivity contribution in [2.45, 2.75) is 12.8 Å². The highest BCUT2D eigenvalue weighted by Gasteiger charge is 2.01. The van der Waals surface area contributed by atoms with Crippen LogP contribution in [0.1, 0.15) is 12.0 Å². The Morgan fingerprint density at radius 1 is 1.70 bits per heavy atom. The minimum Gasteiger partial charge on any atom is -0.330 e. The Morgan fingerprint density at radius 2 is 2.50 bits per heavy atom. The highest BCUT2D eigenvalue weighted by molar-refractivity contribution is 5.04. The zero-order chi connectivity index (χ0) is 7.40. The van der Waals surface area contributed by atoms with Gasteiger partial charge in [-0.1, -0.05) is 0 Å². The number of rotatable bonds is 3. The highest BCUT2D eigenvalue weighted by atomic mass is 19.1. The van der Waals surface area contributed by atoms with Gasteiger partial charge in [0.2, 0.25) is 5.95 Å². The molecule has 0 saturated heterocycles. The molecule has 0 bridgehead atoms. The van der Waals surface area contributed by atoms with Crippen LogP contribution in [0.15, 0.2) is 6.20 Å². The van der Waals surface area contributed by atoms with E-state index in [1.807, 2.05) is 0 Å². The predicted octanol–water partition coefficient (Wildman–Crippen LogP) is 0.440. The van der Waals surface area contributed by atoms with Gasteiger partial charge >= 0.3 is 0 Å². The van der Waals surface area contributed by atoms with Gasteiger partial charge in [-0.15, -0.1) is 0 Å². The second-order valence-electron chi connectivity index (χ2n) is 2.10. The number of nitrogens with two attached hydrogens (primary N) is 1. The molecule has 0 aliphatic carbocycles. The Hall–Kier alpha value is -0.900. The van der Waals surface area contributed by atoms with Crippen molar-refractivity contribution >= 4 is 0 Å². The Bertz CT molecular complexity index is 197. The van der Waals surface area contributed by atoms with Crippen LogP contribution in [-0.4, -0.2) is 16.7 Å². The zero-order valence-electron chi connectivity index (χ0n) is 5.60. The Kier molecular flexibility index (Phi) is 2.39.